The Bertz CT molecular complexity index is 619. The van der Waals surface area contributed by atoms with Crippen LogP contribution in [0.25, 0.3) is 0 Å². The Hall–Kier alpha value is -2.80. The molecule has 3 rings (SSSR count). The summed E-state index contributed by atoms with van der Waals surface area (Å²) in [6.45, 7) is 2.75. The second-order valence-electron chi connectivity index (χ2n) is 5.68. The summed E-state index contributed by atoms with van der Waals surface area (Å²) < 4.78 is 0. The largest absolute Gasteiger partial charge is 0.302 e. The van der Waals surface area contributed by atoms with Crippen molar-refractivity contribution >= 4 is 0 Å². The van der Waals surface area contributed by atoms with Crippen LogP contribution in [0, 0.1) is 0 Å². The zero-order valence-electron chi connectivity index (χ0n) is 14.1. The van der Waals surface area contributed by atoms with Gasteiger partial charge in [0.25, 0.3) is 0 Å². The summed E-state index contributed by atoms with van der Waals surface area (Å²) >= 11 is 0. The number of rotatable bonds is 9. The van der Waals surface area contributed by atoms with Crippen LogP contribution < -0.4 is 0 Å². The van der Waals surface area contributed by atoms with Crippen LogP contribution in [0.2, 0.25) is 0 Å². The van der Waals surface area contributed by atoms with Crippen molar-refractivity contribution in [2.75, 3.05) is 19.6 Å². The van der Waals surface area contributed by atoms with Gasteiger partial charge in [-0.15, -0.1) is 0 Å². The van der Waals surface area contributed by atoms with Gasteiger partial charge in [0.2, 0.25) is 0 Å². The van der Waals surface area contributed by atoms with E-state index in [2.05, 4.69) is 34.8 Å². The average Bonchev–Trinajstić information content (AvgIpc) is 2.70. The van der Waals surface area contributed by atoms with Crippen molar-refractivity contribution in [1.82, 2.24) is 34.8 Å². The summed E-state index contributed by atoms with van der Waals surface area (Å²) in [6, 6.07) is 0. The smallest absolute Gasteiger partial charge is 0.0599 e. The molecule has 0 unspecified atom stereocenters. The van der Waals surface area contributed by atoms with Gasteiger partial charge in [0.15, 0.2) is 0 Å². The van der Waals surface area contributed by atoms with Crippen LogP contribution in [-0.2, 0) is 19.3 Å². The van der Waals surface area contributed by atoms with Gasteiger partial charge in [0, 0.05) is 94.7 Å². The number of nitrogens with zero attached hydrogens (tertiary/aromatic N) is 7. The molecule has 0 aromatic carbocycles. The Morgan fingerprint density at radius 2 is 0.880 bits per heavy atom. The lowest BCUT2D eigenvalue weighted by Crippen LogP contribution is -2.31. The van der Waals surface area contributed by atoms with Crippen molar-refractivity contribution in [3.8, 4) is 0 Å². The van der Waals surface area contributed by atoms with Crippen LogP contribution in [0.3, 0.4) is 0 Å². The fraction of sp³-hybridized carbons (Fsp3) is 0.333. The van der Waals surface area contributed by atoms with Crippen molar-refractivity contribution < 1.29 is 0 Å². The van der Waals surface area contributed by atoms with Gasteiger partial charge >= 0.3 is 0 Å². The molecule has 0 spiro atoms. The molecule has 0 saturated heterocycles. The quantitative estimate of drug-likeness (QED) is 0.584. The van der Waals surface area contributed by atoms with Gasteiger partial charge in [0.05, 0.1) is 17.1 Å². The monoisotopic (exact) mass is 335 g/mol. The van der Waals surface area contributed by atoms with E-state index >= 15 is 0 Å². The molecule has 0 bridgehead atoms. The van der Waals surface area contributed by atoms with Gasteiger partial charge in [-0.2, -0.15) is 0 Å². The summed E-state index contributed by atoms with van der Waals surface area (Å²) in [5.74, 6) is 0. The molecule has 128 valence electrons. The second kappa shape index (κ2) is 9.48. The van der Waals surface area contributed by atoms with Gasteiger partial charge < -0.3 is 4.90 Å². The Labute approximate surface area is 147 Å². The van der Waals surface area contributed by atoms with E-state index in [1.54, 1.807) is 37.2 Å². The van der Waals surface area contributed by atoms with E-state index in [9.17, 15) is 0 Å². The highest BCUT2D eigenvalue weighted by molar-refractivity contribution is 4.99. The van der Waals surface area contributed by atoms with Crippen molar-refractivity contribution in [2.24, 2.45) is 0 Å². The summed E-state index contributed by atoms with van der Waals surface area (Å²) in [6.07, 6.45) is 18.4. The van der Waals surface area contributed by atoms with Crippen molar-refractivity contribution in [2.45, 2.75) is 19.3 Å². The molecule has 3 heterocycles. The third kappa shape index (κ3) is 5.96. The topological polar surface area (TPSA) is 80.6 Å². The number of aromatic nitrogens is 6. The minimum absolute atomic E-state index is 0.870. The first-order valence-electron chi connectivity index (χ1n) is 8.37. The first kappa shape index (κ1) is 17.0. The highest BCUT2D eigenvalue weighted by Gasteiger charge is 2.08. The van der Waals surface area contributed by atoms with Gasteiger partial charge in [-0.05, 0) is 0 Å². The molecule has 3 aromatic heterocycles. The summed E-state index contributed by atoms with van der Waals surface area (Å²) in [5, 5.41) is 0. The lowest BCUT2D eigenvalue weighted by molar-refractivity contribution is 0.281. The minimum atomic E-state index is 0.870. The van der Waals surface area contributed by atoms with E-state index < -0.39 is 0 Å². The molecule has 0 amide bonds. The van der Waals surface area contributed by atoms with Crippen molar-refractivity contribution in [1.29, 1.82) is 0 Å². The molecule has 0 radical (unpaired) electrons. The molecule has 0 aliphatic rings. The summed E-state index contributed by atoms with van der Waals surface area (Å²) in [7, 11) is 0. The molecule has 0 atom stereocenters. The van der Waals surface area contributed by atoms with E-state index in [-0.39, 0.29) is 0 Å². The van der Waals surface area contributed by atoms with Crippen LogP contribution in [0.4, 0.5) is 0 Å². The zero-order valence-corrected chi connectivity index (χ0v) is 14.1. The fourth-order valence-electron chi connectivity index (χ4n) is 2.53. The zero-order chi connectivity index (χ0) is 17.2. The molecule has 0 aliphatic heterocycles. The van der Waals surface area contributed by atoms with E-state index in [0.29, 0.717) is 0 Å². The van der Waals surface area contributed by atoms with Crippen LogP contribution in [0.1, 0.15) is 17.1 Å². The number of hydrogen-bond acceptors (Lipinski definition) is 7. The molecular weight excluding hydrogens is 314 g/mol. The molecule has 0 aliphatic carbocycles. The lowest BCUT2D eigenvalue weighted by Gasteiger charge is -2.21. The predicted molar refractivity (Wildman–Crippen MR) is 93.6 cm³/mol. The first-order valence-corrected chi connectivity index (χ1v) is 8.37. The van der Waals surface area contributed by atoms with Gasteiger partial charge in [0.1, 0.15) is 0 Å². The normalized spacial score (nSPS) is 10.9. The van der Waals surface area contributed by atoms with Crippen molar-refractivity contribution in [3.63, 3.8) is 0 Å². The van der Waals surface area contributed by atoms with Crippen LogP contribution in [0.15, 0.2) is 55.8 Å². The standard InChI is InChI=1S/C18H21N7/c1(16-13-19-4-7-22-16)10-25(11-2-17-14-20-5-8-23-17)12-3-18-15-21-6-9-24-18/h4-9,13-15H,1-3,10-12H2. The van der Waals surface area contributed by atoms with Crippen molar-refractivity contribution in [3.05, 3.63) is 72.9 Å². The Morgan fingerprint density at radius 3 is 1.16 bits per heavy atom. The van der Waals surface area contributed by atoms with E-state index in [4.69, 9.17) is 0 Å². The maximum Gasteiger partial charge on any atom is 0.0599 e. The van der Waals surface area contributed by atoms with Gasteiger partial charge in [-0.1, -0.05) is 0 Å². The Morgan fingerprint density at radius 1 is 0.520 bits per heavy atom. The second-order valence-corrected chi connectivity index (χ2v) is 5.68. The predicted octanol–water partition coefficient (Wildman–Crippen LogP) is 1.39. The fourth-order valence-corrected chi connectivity index (χ4v) is 2.53. The lowest BCUT2D eigenvalue weighted by atomic mass is 10.2. The SMILES string of the molecule is c1cnc(CCN(CCc2cnccn2)CCc2cnccn2)cn1. The Balaban J connectivity index is 1.56. The molecule has 0 saturated carbocycles. The Kier molecular flexibility index (Phi) is 6.46. The third-order valence-corrected chi connectivity index (χ3v) is 3.90. The molecule has 7 heteroatoms. The molecule has 25 heavy (non-hydrogen) atoms. The first-order chi connectivity index (χ1) is 12.4. The molecule has 0 N–H and O–H groups in total. The molecule has 7 nitrogen and oxygen atoms in total. The third-order valence-electron chi connectivity index (χ3n) is 3.90. The summed E-state index contributed by atoms with van der Waals surface area (Å²) in [5.41, 5.74) is 3.02. The molecule has 0 fully saturated rings. The van der Waals surface area contributed by atoms with E-state index in [1.807, 2.05) is 18.6 Å². The average molecular weight is 335 g/mol. The maximum absolute atomic E-state index is 4.35. The molecular formula is C18H21N7. The highest BCUT2D eigenvalue weighted by Crippen LogP contribution is 2.02. The van der Waals surface area contributed by atoms with E-state index in [0.717, 1.165) is 56.0 Å². The minimum Gasteiger partial charge on any atom is -0.302 e. The molecule has 3 aromatic rings. The number of hydrogen-bond donors (Lipinski definition) is 0. The van der Waals surface area contributed by atoms with E-state index in [1.165, 1.54) is 0 Å². The maximum atomic E-state index is 4.35. The van der Waals surface area contributed by atoms with Crippen LogP contribution in [-0.4, -0.2) is 54.4 Å². The van der Waals surface area contributed by atoms with Crippen LogP contribution >= 0.6 is 0 Å². The highest BCUT2D eigenvalue weighted by atomic mass is 15.1. The van der Waals surface area contributed by atoms with Gasteiger partial charge in [-0.25, -0.2) is 0 Å². The summed E-state index contributed by atoms with van der Waals surface area (Å²) in [4.78, 5) is 27.9. The van der Waals surface area contributed by atoms with Crippen LogP contribution in [0.5, 0.6) is 0 Å². The van der Waals surface area contributed by atoms with Gasteiger partial charge in [-0.3, -0.25) is 29.9 Å².